The first-order valence-electron chi connectivity index (χ1n) is 8.60. The van der Waals surface area contributed by atoms with Crippen molar-refractivity contribution in [3.8, 4) is 0 Å². The lowest BCUT2D eigenvalue weighted by Crippen LogP contribution is -2.18. The summed E-state index contributed by atoms with van der Waals surface area (Å²) in [5.41, 5.74) is 1.43. The third-order valence-corrected chi connectivity index (χ3v) is 4.96. The molecule has 3 nitrogen and oxygen atoms in total. The van der Waals surface area contributed by atoms with Crippen LogP contribution in [0.3, 0.4) is 0 Å². The van der Waals surface area contributed by atoms with Gasteiger partial charge in [-0.3, -0.25) is 4.79 Å². The molecule has 1 heterocycles. The van der Waals surface area contributed by atoms with Crippen LogP contribution in [0, 0.1) is 0 Å². The molecule has 0 bridgehead atoms. The van der Waals surface area contributed by atoms with Gasteiger partial charge in [-0.25, -0.2) is 4.99 Å². The van der Waals surface area contributed by atoms with Crippen molar-refractivity contribution in [1.29, 1.82) is 0 Å². The maximum Gasteiger partial charge on any atom is 0.416 e. The Morgan fingerprint density at radius 3 is 2.29 bits per heavy atom. The molecule has 0 saturated carbocycles. The minimum atomic E-state index is -4.45. The fraction of sp³-hybridized carbons (Fsp3) is 0.238. The van der Waals surface area contributed by atoms with E-state index in [0.29, 0.717) is 4.91 Å². The average molecular weight is 404 g/mol. The Kier molecular flexibility index (Phi) is 5.39. The number of nitrogens with one attached hydrogen (secondary N) is 1. The van der Waals surface area contributed by atoms with Crippen molar-refractivity contribution in [2.24, 2.45) is 4.99 Å². The summed E-state index contributed by atoms with van der Waals surface area (Å²) in [7, 11) is 0. The van der Waals surface area contributed by atoms with Crippen molar-refractivity contribution in [3.63, 3.8) is 0 Å². The number of alkyl halides is 3. The van der Waals surface area contributed by atoms with Gasteiger partial charge in [0, 0.05) is 0 Å². The average Bonchev–Trinajstić information content (AvgIpc) is 2.93. The largest absolute Gasteiger partial charge is 0.416 e. The Hall–Kier alpha value is -2.54. The van der Waals surface area contributed by atoms with Crippen LogP contribution in [0.5, 0.6) is 0 Å². The molecular weight excluding hydrogens is 385 g/mol. The molecule has 28 heavy (non-hydrogen) atoms. The van der Waals surface area contributed by atoms with Crippen molar-refractivity contribution in [1.82, 2.24) is 5.32 Å². The number of amides is 1. The van der Waals surface area contributed by atoms with E-state index in [-0.39, 0.29) is 22.2 Å². The summed E-state index contributed by atoms with van der Waals surface area (Å²) < 4.78 is 38.7. The van der Waals surface area contributed by atoms with Crippen LogP contribution in [0.1, 0.15) is 37.5 Å². The Bertz CT molecular complexity index is 955. The van der Waals surface area contributed by atoms with Gasteiger partial charge in [-0.15, -0.1) is 0 Å². The normalized spacial score (nSPS) is 18.0. The summed E-state index contributed by atoms with van der Waals surface area (Å²) in [6.45, 7) is 6.36. The lowest BCUT2D eigenvalue weighted by atomic mass is 9.87. The molecule has 0 unspecified atom stereocenters. The van der Waals surface area contributed by atoms with E-state index in [4.69, 9.17) is 0 Å². The molecular formula is C21H19F3N2OS. The van der Waals surface area contributed by atoms with Crippen LogP contribution in [0.15, 0.2) is 58.4 Å². The first-order valence-corrected chi connectivity index (χ1v) is 9.41. The van der Waals surface area contributed by atoms with Gasteiger partial charge in [-0.2, -0.15) is 13.2 Å². The number of rotatable bonds is 2. The number of benzene rings is 2. The zero-order valence-electron chi connectivity index (χ0n) is 15.6. The molecule has 1 saturated heterocycles. The number of amidine groups is 1. The molecule has 1 N–H and O–H groups in total. The monoisotopic (exact) mass is 404 g/mol. The Labute approximate surface area is 165 Å². The van der Waals surface area contributed by atoms with Crippen molar-refractivity contribution in [2.45, 2.75) is 32.4 Å². The zero-order valence-corrected chi connectivity index (χ0v) is 16.4. The number of halogens is 3. The molecule has 1 aliphatic heterocycles. The van der Waals surface area contributed by atoms with Gasteiger partial charge in [-0.05, 0) is 52.6 Å². The predicted molar refractivity (Wildman–Crippen MR) is 108 cm³/mol. The van der Waals surface area contributed by atoms with E-state index in [0.717, 1.165) is 29.5 Å². The topological polar surface area (TPSA) is 41.5 Å². The van der Waals surface area contributed by atoms with E-state index in [9.17, 15) is 18.0 Å². The van der Waals surface area contributed by atoms with Gasteiger partial charge in [0.05, 0.1) is 16.2 Å². The molecule has 7 heteroatoms. The highest BCUT2D eigenvalue weighted by Crippen LogP contribution is 2.33. The second kappa shape index (κ2) is 7.47. The van der Waals surface area contributed by atoms with Crippen LogP contribution in [0.4, 0.5) is 23.7 Å². The maximum atomic E-state index is 12.9. The first-order chi connectivity index (χ1) is 13.0. The highest BCUT2D eigenvalue weighted by molar-refractivity contribution is 8.18. The second-order valence-corrected chi connectivity index (χ2v) is 8.42. The van der Waals surface area contributed by atoms with Crippen molar-refractivity contribution in [3.05, 3.63) is 70.1 Å². The summed E-state index contributed by atoms with van der Waals surface area (Å²) in [5.74, 6) is 0.245. The van der Waals surface area contributed by atoms with Crippen LogP contribution in [0.25, 0.3) is 6.08 Å². The van der Waals surface area contributed by atoms with Crippen LogP contribution in [-0.2, 0) is 11.6 Å². The highest BCUT2D eigenvalue weighted by atomic mass is 32.2. The molecule has 1 aliphatic rings. The quantitative estimate of drug-likeness (QED) is 0.618. The van der Waals surface area contributed by atoms with Gasteiger partial charge < -0.3 is 5.32 Å². The summed E-state index contributed by atoms with van der Waals surface area (Å²) in [4.78, 5) is 16.6. The van der Waals surface area contributed by atoms with E-state index in [1.807, 2.05) is 24.3 Å². The summed E-state index contributed by atoms with van der Waals surface area (Å²) in [6.07, 6.45) is -2.65. The smallest absolute Gasteiger partial charge is 0.300 e. The molecule has 0 atom stereocenters. The number of aliphatic imine (C=N–C) groups is 1. The number of hydrogen-bond donors (Lipinski definition) is 1. The highest BCUT2D eigenvalue weighted by Gasteiger charge is 2.30. The summed E-state index contributed by atoms with van der Waals surface area (Å²) in [5, 5.41) is 2.27. The molecule has 2 aromatic rings. The van der Waals surface area contributed by atoms with Crippen molar-refractivity contribution >= 4 is 34.6 Å². The summed E-state index contributed by atoms with van der Waals surface area (Å²) >= 11 is 0.965. The van der Waals surface area contributed by atoms with E-state index >= 15 is 0 Å². The third-order valence-electron chi connectivity index (χ3n) is 4.15. The second-order valence-electron chi connectivity index (χ2n) is 7.40. The molecule has 0 aromatic heterocycles. The van der Waals surface area contributed by atoms with E-state index in [1.165, 1.54) is 17.7 Å². The van der Waals surface area contributed by atoms with Crippen molar-refractivity contribution in [2.75, 3.05) is 0 Å². The van der Waals surface area contributed by atoms with Crippen molar-refractivity contribution < 1.29 is 18.0 Å². The van der Waals surface area contributed by atoms with E-state index in [1.54, 1.807) is 6.08 Å². The molecule has 1 amide bonds. The molecule has 2 aromatic carbocycles. The zero-order chi connectivity index (χ0) is 20.5. The Morgan fingerprint density at radius 2 is 1.68 bits per heavy atom. The van der Waals surface area contributed by atoms with Gasteiger partial charge in [0.25, 0.3) is 5.24 Å². The van der Waals surface area contributed by atoms with Crippen LogP contribution in [-0.4, -0.2) is 11.1 Å². The lowest BCUT2D eigenvalue weighted by molar-refractivity contribution is -0.137. The minimum absolute atomic E-state index is 0.0292. The molecule has 0 radical (unpaired) electrons. The van der Waals surface area contributed by atoms with Gasteiger partial charge in [-0.1, -0.05) is 51.1 Å². The summed E-state index contributed by atoms with van der Waals surface area (Å²) in [6, 6.07) is 12.6. The van der Waals surface area contributed by atoms with Gasteiger partial charge in [0.2, 0.25) is 0 Å². The lowest BCUT2D eigenvalue weighted by Gasteiger charge is -2.18. The number of nitrogens with zero attached hydrogens (tertiary/aromatic N) is 1. The van der Waals surface area contributed by atoms with Gasteiger partial charge >= 0.3 is 6.18 Å². The predicted octanol–water partition coefficient (Wildman–Crippen LogP) is 6.53. The molecule has 1 fully saturated rings. The number of carbonyl (C=O) groups excluding carboxylic acids is 1. The standard InChI is InChI=1S/C21H19F3N2OS/c1-20(2,3)14-9-7-13(8-10-14)11-17-18(26-19(27)28-17)25-16-6-4-5-15(12-16)21(22,23)24/h4-12H,1-3H3,(H,25,26,27)/b17-11-. The van der Waals surface area contributed by atoms with Gasteiger partial charge in [0.1, 0.15) is 5.84 Å². The number of carbonyl (C=O) groups is 1. The molecule has 0 spiro atoms. The Balaban J connectivity index is 1.92. The number of hydrogen-bond acceptors (Lipinski definition) is 3. The van der Waals surface area contributed by atoms with Gasteiger partial charge in [0.15, 0.2) is 0 Å². The first kappa shape index (κ1) is 20.2. The maximum absolute atomic E-state index is 12.9. The van der Waals surface area contributed by atoms with Crippen LogP contribution >= 0.6 is 11.8 Å². The minimum Gasteiger partial charge on any atom is -0.300 e. The van der Waals surface area contributed by atoms with Crippen LogP contribution in [0.2, 0.25) is 0 Å². The fourth-order valence-electron chi connectivity index (χ4n) is 2.62. The fourth-order valence-corrected chi connectivity index (χ4v) is 3.36. The molecule has 3 rings (SSSR count). The third kappa shape index (κ3) is 4.84. The molecule has 146 valence electrons. The SMILES string of the molecule is CC(C)(C)c1ccc(/C=C2\SC(=O)NC2=Nc2cccc(C(F)(F)F)c2)cc1. The van der Waals surface area contributed by atoms with E-state index in [2.05, 4.69) is 31.1 Å². The number of thioether (sulfide) groups is 1. The Morgan fingerprint density at radius 1 is 1.00 bits per heavy atom. The van der Waals surface area contributed by atoms with Crippen LogP contribution < -0.4 is 5.32 Å². The molecule has 0 aliphatic carbocycles. The van der Waals surface area contributed by atoms with E-state index < -0.39 is 11.7 Å².